The molecule has 76 valence electrons. The molecule has 4 heteroatoms. The molecule has 0 bridgehead atoms. The van der Waals surface area contributed by atoms with Crippen LogP contribution in [0.25, 0.3) is 0 Å². The predicted octanol–water partition coefficient (Wildman–Crippen LogP) is 1.51. The topological polar surface area (TPSA) is 50.9 Å². The molecule has 0 radical (unpaired) electrons. The smallest absolute Gasteiger partial charge is 0.119 e. The van der Waals surface area contributed by atoms with Gasteiger partial charge in [0.15, 0.2) is 0 Å². The van der Waals surface area contributed by atoms with E-state index in [9.17, 15) is 0 Å². The van der Waals surface area contributed by atoms with Crippen molar-refractivity contribution in [2.45, 2.75) is 23.9 Å². The van der Waals surface area contributed by atoms with E-state index in [1.54, 1.807) is 18.0 Å². The largest absolute Gasteiger partial charge is 0.397 e. The molecule has 0 spiro atoms. The van der Waals surface area contributed by atoms with Crippen molar-refractivity contribution in [1.29, 1.82) is 0 Å². The summed E-state index contributed by atoms with van der Waals surface area (Å²) in [5.74, 6) is 1.07. The zero-order valence-electron chi connectivity index (χ0n) is 8.07. The molecule has 1 unspecified atom stereocenters. The average molecular weight is 209 g/mol. The van der Waals surface area contributed by atoms with E-state index in [4.69, 9.17) is 5.73 Å². The number of nitrogens with zero attached hydrogens (tertiary/aromatic N) is 1. The predicted molar refractivity (Wildman–Crippen MR) is 60.4 cm³/mol. The fourth-order valence-electron chi connectivity index (χ4n) is 1.60. The third kappa shape index (κ3) is 2.39. The van der Waals surface area contributed by atoms with Gasteiger partial charge in [-0.25, -0.2) is 4.98 Å². The third-order valence-electron chi connectivity index (χ3n) is 2.38. The molecule has 1 aliphatic heterocycles. The Bertz CT molecular complexity index is 297. The van der Waals surface area contributed by atoms with Crippen molar-refractivity contribution in [2.24, 2.45) is 0 Å². The van der Waals surface area contributed by atoms with Crippen molar-refractivity contribution in [1.82, 2.24) is 10.3 Å². The van der Waals surface area contributed by atoms with Gasteiger partial charge < -0.3 is 11.1 Å². The maximum Gasteiger partial charge on any atom is 0.119 e. The lowest BCUT2D eigenvalue weighted by Crippen LogP contribution is -2.23. The molecule has 0 amide bonds. The summed E-state index contributed by atoms with van der Waals surface area (Å²) >= 11 is 1.75. The van der Waals surface area contributed by atoms with Gasteiger partial charge in [0.1, 0.15) is 5.03 Å². The number of aromatic nitrogens is 1. The molecular weight excluding hydrogens is 194 g/mol. The Morgan fingerprint density at radius 2 is 2.57 bits per heavy atom. The molecule has 0 aliphatic carbocycles. The van der Waals surface area contributed by atoms with E-state index in [0.29, 0.717) is 6.04 Å². The van der Waals surface area contributed by atoms with Crippen LogP contribution in [0.1, 0.15) is 12.8 Å². The average Bonchev–Trinajstić information content (AvgIpc) is 2.69. The SMILES string of the molecule is Nc1cccnc1SCC1CCCN1. The Balaban J connectivity index is 1.88. The van der Waals surface area contributed by atoms with Crippen molar-refractivity contribution in [2.75, 3.05) is 18.0 Å². The number of thioether (sulfide) groups is 1. The van der Waals surface area contributed by atoms with E-state index in [2.05, 4.69) is 10.3 Å². The number of rotatable bonds is 3. The van der Waals surface area contributed by atoms with E-state index < -0.39 is 0 Å². The van der Waals surface area contributed by atoms with Crippen molar-refractivity contribution < 1.29 is 0 Å². The van der Waals surface area contributed by atoms with Crippen LogP contribution >= 0.6 is 11.8 Å². The number of hydrogen-bond acceptors (Lipinski definition) is 4. The van der Waals surface area contributed by atoms with Crippen molar-refractivity contribution in [3.05, 3.63) is 18.3 Å². The summed E-state index contributed by atoms with van der Waals surface area (Å²) in [6.45, 7) is 1.16. The summed E-state index contributed by atoms with van der Waals surface area (Å²) in [4.78, 5) is 4.25. The first kappa shape index (κ1) is 9.80. The lowest BCUT2D eigenvalue weighted by Gasteiger charge is -2.09. The van der Waals surface area contributed by atoms with Gasteiger partial charge in [-0.05, 0) is 31.5 Å². The van der Waals surface area contributed by atoms with Gasteiger partial charge in [-0.3, -0.25) is 0 Å². The standard InChI is InChI=1S/C10H15N3S/c11-9-4-2-6-13-10(9)14-7-8-3-1-5-12-8/h2,4,6,8,12H,1,3,5,7,11H2. The highest BCUT2D eigenvalue weighted by atomic mass is 32.2. The van der Waals surface area contributed by atoms with Crippen LogP contribution in [0.5, 0.6) is 0 Å². The molecule has 14 heavy (non-hydrogen) atoms. The number of nitrogen functional groups attached to an aromatic ring is 1. The van der Waals surface area contributed by atoms with Gasteiger partial charge in [0.2, 0.25) is 0 Å². The fourth-order valence-corrected chi connectivity index (χ4v) is 2.62. The maximum absolute atomic E-state index is 5.80. The van der Waals surface area contributed by atoms with Crippen LogP contribution in [0, 0.1) is 0 Å². The molecule has 1 saturated heterocycles. The summed E-state index contributed by atoms with van der Waals surface area (Å²) in [7, 11) is 0. The van der Waals surface area contributed by atoms with E-state index in [-0.39, 0.29) is 0 Å². The summed E-state index contributed by atoms with van der Waals surface area (Å²) < 4.78 is 0. The minimum Gasteiger partial charge on any atom is -0.397 e. The van der Waals surface area contributed by atoms with Crippen LogP contribution in [0.4, 0.5) is 5.69 Å². The van der Waals surface area contributed by atoms with E-state index in [1.165, 1.54) is 12.8 Å². The zero-order valence-corrected chi connectivity index (χ0v) is 8.89. The first-order valence-corrected chi connectivity index (χ1v) is 5.91. The van der Waals surface area contributed by atoms with Crippen LogP contribution in [0.3, 0.4) is 0 Å². The second kappa shape index (κ2) is 4.66. The van der Waals surface area contributed by atoms with Gasteiger partial charge >= 0.3 is 0 Å². The molecule has 1 fully saturated rings. The fraction of sp³-hybridized carbons (Fsp3) is 0.500. The van der Waals surface area contributed by atoms with Crippen molar-refractivity contribution in [3.63, 3.8) is 0 Å². The molecule has 1 aromatic rings. The molecule has 1 aliphatic rings. The maximum atomic E-state index is 5.80. The number of pyridine rings is 1. The molecule has 1 atom stereocenters. The lowest BCUT2D eigenvalue weighted by molar-refractivity contribution is 0.673. The highest BCUT2D eigenvalue weighted by molar-refractivity contribution is 7.99. The minimum absolute atomic E-state index is 0.640. The highest BCUT2D eigenvalue weighted by Gasteiger charge is 2.14. The first-order chi connectivity index (χ1) is 6.86. The first-order valence-electron chi connectivity index (χ1n) is 4.93. The van der Waals surface area contributed by atoms with Crippen LogP contribution in [-0.4, -0.2) is 23.3 Å². The number of hydrogen-bond donors (Lipinski definition) is 2. The number of nitrogens with one attached hydrogen (secondary N) is 1. The van der Waals surface area contributed by atoms with Gasteiger partial charge in [-0.15, -0.1) is 11.8 Å². The Kier molecular flexibility index (Phi) is 3.26. The number of nitrogens with two attached hydrogens (primary N) is 1. The van der Waals surface area contributed by atoms with Crippen LogP contribution in [0.15, 0.2) is 23.4 Å². The van der Waals surface area contributed by atoms with Crippen LogP contribution < -0.4 is 11.1 Å². The zero-order chi connectivity index (χ0) is 9.80. The normalized spacial score (nSPS) is 21.3. The van der Waals surface area contributed by atoms with Crippen LogP contribution in [0.2, 0.25) is 0 Å². The molecule has 0 saturated carbocycles. The summed E-state index contributed by atoms with van der Waals surface area (Å²) in [6.07, 6.45) is 4.36. The third-order valence-corrected chi connectivity index (χ3v) is 3.57. The van der Waals surface area contributed by atoms with Crippen molar-refractivity contribution >= 4 is 17.4 Å². The number of anilines is 1. The second-order valence-corrected chi connectivity index (χ2v) is 4.51. The Hall–Kier alpha value is -0.740. The minimum atomic E-state index is 0.640. The second-order valence-electron chi connectivity index (χ2n) is 3.50. The quantitative estimate of drug-likeness (QED) is 0.741. The summed E-state index contributed by atoms with van der Waals surface area (Å²) in [5, 5.41) is 4.42. The van der Waals surface area contributed by atoms with Gasteiger partial charge in [0.05, 0.1) is 5.69 Å². The molecule has 3 N–H and O–H groups in total. The van der Waals surface area contributed by atoms with Gasteiger partial charge in [-0.1, -0.05) is 0 Å². The molecule has 0 aromatic carbocycles. The van der Waals surface area contributed by atoms with Crippen LogP contribution in [-0.2, 0) is 0 Å². The highest BCUT2D eigenvalue weighted by Crippen LogP contribution is 2.23. The molecule has 3 nitrogen and oxygen atoms in total. The van der Waals surface area contributed by atoms with E-state index in [0.717, 1.165) is 23.0 Å². The summed E-state index contributed by atoms with van der Waals surface area (Å²) in [6, 6.07) is 4.41. The van der Waals surface area contributed by atoms with Crippen molar-refractivity contribution in [3.8, 4) is 0 Å². The lowest BCUT2D eigenvalue weighted by atomic mass is 10.3. The summed E-state index contributed by atoms with van der Waals surface area (Å²) in [5.41, 5.74) is 6.59. The monoisotopic (exact) mass is 209 g/mol. The van der Waals surface area contributed by atoms with Gasteiger partial charge in [-0.2, -0.15) is 0 Å². The molecule has 1 aromatic heterocycles. The Morgan fingerprint density at radius 3 is 3.29 bits per heavy atom. The molecule has 2 rings (SSSR count). The molecule has 2 heterocycles. The van der Waals surface area contributed by atoms with Gasteiger partial charge in [0.25, 0.3) is 0 Å². The Morgan fingerprint density at radius 1 is 1.64 bits per heavy atom. The van der Waals surface area contributed by atoms with E-state index >= 15 is 0 Å². The Labute approximate surface area is 88.5 Å². The molecular formula is C10H15N3S. The van der Waals surface area contributed by atoms with E-state index in [1.807, 2.05) is 12.1 Å². The van der Waals surface area contributed by atoms with Gasteiger partial charge in [0, 0.05) is 18.0 Å².